The third kappa shape index (κ3) is 31.9. The standard InChI is InChI=1S/C25H23BrClNO3S.C23H17BrClNO2S.C18H19NO2S.C16H10BrCl2NO4S.C7H5BrClIO.C5H6Cl2N2O2.C3H4N2O/c1-3-31-25(29)12-9-18-13-19(32-16-17-7-5-4-6-8-17)10-11-22(18)28-23-14-20(26)21(27)15-24(23)30-2;1-28-22-13-19(25)18(24)12-21(22)26-20-9-8-17(11-16(20)7-10-23(26)27)29-14-15-5-3-2-4-6-15;1-2-21-18(20)11-8-15-12-16(9-10-17(15)19)22-13-14-6-4-3-5-7-14;1-24-15-8-12(18)11(17)7-14(15)20-13-4-3-10(25(19,22)23)6-9(13)2-5-16(20)21;1-11-7-3-5(9)4(8)2-6(7)10;1-5(2)3(10)8(6)4(11)9(5)7;4-3-1-2-6-5-3/h4-15,28H,3,16H2,1-2H3;2-13H,14H2,1H3;3-12H,2,13,19H2,1H3;2-8H,1H3;2-3H,1H3;1-2H3;1-2H,(H2,4,5)/b12-9+;;11-8+;;;;. The number of benzene rings is 11. The van der Waals surface area contributed by atoms with E-state index in [1.807, 2.05) is 115 Å². The quantitative estimate of drug-likeness (QED) is 0.00583. The summed E-state index contributed by atoms with van der Waals surface area (Å²) in [5.74, 6) is 4.17. The average molecular weight is 2420 g/mol. The van der Waals surface area contributed by atoms with Crippen LogP contribution >= 0.6 is 202 Å². The number of nitrogens with two attached hydrogens (primary N) is 2. The number of hydrogen-bond donors (Lipinski definition) is 3. The summed E-state index contributed by atoms with van der Waals surface area (Å²) in [5.41, 5.74) is 19.7. The third-order valence-electron chi connectivity index (χ3n) is 18.8. The molecule has 11 aromatic carbocycles. The van der Waals surface area contributed by atoms with Crippen LogP contribution in [0.5, 0.6) is 23.0 Å². The van der Waals surface area contributed by atoms with Crippen LogP contribution in [0.15, 0.2) is 313 Å². The number of pyridine rings is 2. The Morgan fingerprint density at radius 1 is 0.500 bits per heavy atom. The highest BCUT2D eigenvalue weighted by Crippen LogP contribution is 2.42. The molecule has 0 aliphatic carbocycles. The van der Waals surface area contributed by atoms with Gasteiger partial charge >= 0.3 is 18.0 Å². The Morgan fingerprint density at radius 2 is 0.912 bits per heavy atom. The van der Waals surface area contributed by atoms with E-state index in [-0.39, 0.29) is 28.0 Å². The SMILES string of the molecule is CC1(C)C(=O)N(Cl)C(=O)N1Cl.CCOC(=O)/C=C/c1cc(SCc2ccccc2)ccc1N.CCOC(=O)/C=C/c1cc(SCc2ccccc2)ccc1Nc1cc(Br)c(Cl)cc1OC.COc1cc(Cl)c(Br)cc1-n1c(=O)ccc2cc(S(=O)(=O)Cl)ccc21.COc1cc(Cl)c(Br)cc1-n1c(=O)ccc2cc(SCc3ccccc3)ccc21.COc1cc(Cl)c(Br)cc1I.Nc1ccon1. The number of fused-ring (bicyclic) bond motifs is 2. The predicted molar refractivity (Wildman–Crippen MR) is 575 cm³/mol. The second-order valence-electron chi connectivity index (χ2n) is 28.4. The highest BCUT2D eigenvalue weighted by molar-refractivity contribution is 14.1. The van der Waals surface area contributed by atoms with Gasteiger partial charge in [0.05, 0.1) is 98.3 Å². The number of aromatic nitrogens is 3. The lowest BCUT2D eigenvalue weighted by Gasteiger charge is -2.18. The number of urea groups is 1. The summed E-state index contributed by atoms with van der Waals surface area (Å²) in [6.07, 6.45) is 7.71. The number of methoxy groups -OCH3 is 4. The number of nitrogens with zero attached hydrogens (tertiary/aromatic N) is 5. The highest BCUT2D eigenvalue weighted by Gasteiger charge is 2.51. The lowest BCUT2D eigenvalue weighted by molar-refractivity contribution is -0.138. The van der Waals surface area contributed by atoms with Crippen molar-refractivity contribution in [1.82, 2.24) is 23.1 Å². The second kappa shape index (κ2) is 53.7. The molecule has 1 fully saturated rings. The van der Waals surface area contributed by atoms with Crippen LogP contribution in [-0.4, -0.2) is 103 Å². The molecule has 136 heavy (non-hydrogen) atoms. The molecule has 0 radical (unpaired) electrons. The van der Waals surface area contributed by atoms with Crippen molar-refractivity contribution < 1.29 is 60.5 Å². The van der Waals surface area contributed by atoms with Crippen LogP contribution in [0.3, 0.4) is 0 Å². The first-order chi connectivity index (χ1) is 64.9. The van der Waals surface area contributed by atoms with Crippen LogP contribution in [0, 0.1) is 3.57 Å². The fourth-order valence-electron chi connectivity index (χ4n) is 12.0. The molecule has 5 N–H and O–H groups in total. The molecular weight excluding hydrogens is 2340 g/mol. The Bertz CT molecular complexity index is 6880. The van der Waals surface area contributed by atoms with Crippen molar-refractivity contribution in [2.75, 3.05) is 58.4 Å². The van der Waals surface area contributed by atoms with E-state index >= 15 is 0 Å². The third-order valence-corrected chi connectivity index (χ3v) is 29.9. The summed E-state index contributed by atoms with van der Waals surface area (Å²) < 4.78 is 67.0. The van der Waals surface area contributed by atoms with E-state index in [0.717, 1.165) is 88.0 Å². The minimum absolute atomic E-state index is 0.0453. The predicted octanol–water partition coefficient (Wildman–Crippen LogP) is 28.2. The summed E-state index contributed by atoms with van der Waals surface area (Å²) in [7, 11) is 7.78. The monoisotopic (exact) mass is 2420 g/mol. The zero-order chi connectivity index (χ0) is 99.1. The molecule has 23 nitrogen and oxygen atoms in total. The van der Waals surface area contributed by atoms with Crippen LogP contribution in [0.1, 0.15) is 55.5 Å². The van der Waals surface area contributed by atoms with E-state index in [0.29, 0.717) is 97.7 Å². The number of thioether (sulfide) groups is 3. The van der Waals surface area contributed by atoms with Crippen LogP contribution in [0.25, 0.3) is 45.3 Å². The summed E-state index contributed by atoms with van der Waals surface area (Å²) in [4.78, 5) is 73.8. The smallest absolute Gasteiger partial charge is 0.357 e. The normalized spacial score (nSPS) is 11.9. The maximum absolute atomic E-state index is 12.7. The van der Waals surface area contributed by atoms with Crippen LogP contribution < -0.4 is 46.9 Å². The van der Waals surface area contributed by atoms with Gasteiger partial charge in [0.15, 0.2) is 5.82 Å². The fraction of sp³-hybridized carbons (Fsp3) is 0.144. The number of hydrogen-bond acceptors (Lipinski definition) is 22. The van der Waals surface area contributed by atoms with Crippen molar-refractivity contribution in [3.8, 4) is 34.4 Å². The van der Waals surface area contributed by atoms with Gasteiger partial charge in [-0.3, -0.25) is 23.5 Å². The van der Waals surface area contributed by atoms with Crippen molar-refractivity contribution in [2.24, 2.45) is 0 Å². The first-order valence-corrected chi connectivity index (χ1v) is 51.8. The molecule has 0 saturated carbocycles. The number of ether oxygens (including phenoxy) is 6. The number of esters is 2. The number of halogens is 12. The van der Waals surface area contributed by atoms with Crippen molar-refractivity contribution in [1.29, 1.82) is 0 Å². The molecule has 1 saturated heterocycles. The molecule has 3 amide bonds. The van der Waals surface area contributed by atoms with Gasteiger partial charge in [-0.15, -0.1) is 35.3 Å². The number of imide groups is 1. The van der Waals surface area contributed by atoms with Crippen molar-refractivity contribution in [3.63, 3.8) is 0 Å². The Morgan fingerprint density at radius 3 is 1.32 bits per heavy atom. The molecule has 3 aromatic heterocycles. The number of amides is 3. The van der Waals surface area contributed by atoms with Gasteiger partial charge in [-0.2, -0.15) is 4.42 Å². The number of rotatable bonds is 24. The number of nitrogen functional groups attached to an aromatic ring is 2. The molecule has 0 atom stereocenters. The van der Waals surface area contributed by atoms with Gasteiger partial charge in [-0.1, -0.05) is 143 Å². The van der Waals surface area contributed by atoms with Crippen molar-refractivity contribution in [3.05, 3.63) is 351 Å². The Balaban J connectivity index is 0.000000186. The largest absolute Gasteiger partial charge is 0.496 e. The van der Waals surface area contributed by atoms with E-state index < -0.39 is 26.5 Å². The van der Waals surface area contributed by atoms with Crippen LogP contribution in [0.4, 0.5) is 27.7 Å². The lowest BCUT2D eigenvalue weighted by atomic mass is 10.1. The first kappa shape index (κ1) is 110. The molecular formula is C97H84Br4Cl7IN8O15S4. The summed E-state index contributed by atoms with van der Waals surface area (Å²) in [6, 6.07) is 74.5. The van der Waals surface area contributed by atoms with Gasteiger partial charge in [0.2, 0.25) is 0 Å². The topological polar surface area (TPSA) is 298 Å². The number of anilines is 4. The molecule has 1 aliphatic heterocycles. The summed E-state index contributed by atoms with van der Waals surface area (Å²) in [5, 5.41) is 10.4. The molecule has 710 valence electrons. The summed E-state index contributed by atoms with van der Waals surface area (Å²) >= 11 is 56.1. The molecule has 14 aromatic rings. The van der Waals surface area contributed by atoms with Gasteiger partial charge in [-0.25, -0.2) is 27.2 Å². The minimum Gasteiger partial charge on any atom is -0.496 e. The zero-order valence-electron chi connectivity index (χ0n) is 73.2. The van der Waals surface area contributed by atoms with Crippen molar-refractivity contribution in [2.45, 2.75) is 70.1 Å². The zero-order valence-corrected chi connectivity index (χ0v) is 90.3. The maximum atomic E-state index is 12.7. The summed E-state index contributed by atoms with van der Waals surface area (Å²) in [6.45, 7) is 7.29. The fourth-order valence-corrected chi connectivity index (χ4v) is 19.1. The molecule has 0 spiro atoms. The van der Waals surface area contributed by atoms with Crippen molar-refractivity contribution >= 4 is 292 Å². The second-order valence-corrected chi connectivity index (χ2v) is 41.0. The molecule has 0 unspecified atom stereocenters. The molecule has 4 heterocycles. The molecule has 39 heteroatoms. The lowest BCUT2D eigenvalue weighted by Crippen LogP contribution is -2.38. The van der Waals surface area contributed by atoms with Gasteiger partial charge < -0.3 is 49.7 Å². The van der Waals surface area contributed by atoms with Gasteiger partial charge in [0.1, 0.15) is 34.8 Å². The number of nitrogens with one attached hydrogen (secondary N) is 1. The highest BCUT2D eigenvalue weighted by atomic mass is 127. The molecule has 1 aliphatic rings. The van der Waals surface area contributed by atoms with E-state index in [1.165, 1.54) is 91.0 Å². The number of carbonyl (C=O) groups excluding carboxylic acids is 4. The van der Waals surface area contributed by atoms with E-state index in [2.05, 4.69) is 150 Å². The minimum atomic E-state index is -3.87. The molecule has 0 bridgehead atoms. The van der Waals surface area contributed by atoms with E-state index in [9.17, 15) is 37.2 Å². The Labute approximate surface area is 880 Å². The molecule has 15 rings (SSSR count). The average Bonchev–Trinajstić information content (AvgIpc) is 1.11. The Hall–Kier alpha value is -9.31. The van der Waals surface area contributed by atoms with E-state index in [4.69, 9.17) is 121 Å². The number of carbonyl (C=O) groups is 4. The maximum Gasteiger partial charge on any atom is 0.357 e. The van der Waals surface area contributed by atoms with Gasteiger partial charge in [0.25, 0.3) is 26.1 Å². The van der Waals surface area contributed by atoms with Crippen LogP contribution in [-0.2, 0) is 50.2 Å². The van der Waals surface area contributed by atoms with Gasteiger partial charge in [0, 0.05) is 155 Å². The Kier molecular flexibility index (Phi) is 43.6. The van der Waals surface area contributed by atoms with Gasteiger partial charge in [-0.05, 0) is 269 Å². The van der Waals surface area contributed by atoms with Crippen LogP contribution in [0.2, 0.25) is 20.1 Å². The first-order valence-electron chi connectivity index (χ1n) is 40.1. The van der Waals surface area contributed by atoms with E-state index in [1.54, 1.807) is 136 Å².